The number of dihydropyridines is 1. The summed E-state index contributed by atoms with van der Waals surface area (Å²) in [5.74, 6) is -0.821. The molecule has 1 N–H and O–H groups in total. The molecule has 4 rings (SSSR count). The Morgan fingerprint density at radius 1 is 0.958 bits per heavy atom. The minimum atomic E-state index is -0.549. The maximum absolute atomic E-state index is 14.6. The van der Waals surface area contributed by atoms with Crippen LogP contribution < -0.4 is 5.32 Å². The topological polar surface area (TPSA) is 46.2 Å². The number of hydrogen-bond donors (Lipinski definition) is 1. The van der Waals surface area contributed by atoms with Crippen LogP contribution in [0.15, 0.2) is 40.7 Å². The number of carbonyl (C=O) groups excluding carboxylic acids is 2. The lowest BCUT2D eigenvalue weighted by Gasteiger charge is -2.37. The zero-order chi connectivity index (χ0) is 16.8. The number of nitrogens with one attached hydrogen (secondary N) is 1. The maximum atomic E-state index is 14.6. The highest BCUT2D eigenvalue weighted by Crippen LogP contribution is 2.45. The molecule has 1 aromatic carbocycles. The first-order chi connectivity index (χ1) is 11.6. The van der Waals surface area contributed by atoms with Gasteiger partial charge in [-0.1, -0.05) is 0 Å². The molecule has 0 unspecified atom stereocenters. The summed E-state index contributed by atoms with van der Waals surface area (Å²) in [6, 6.07) is 4.90. The van der Waals surface area contributed by atoms with Crippen LogP contribution in [0, 0.1) is 9.39 Å². The normalized spacial score (nSPS) is 21.6. The number of hydrogen-bond acceptors (Lipinski definition) is 3. The minimum Gasteiger partial charge on any atom is -0.362 e. The first-order valence-corrected chi connectivity index (χ1v) is 9.38. The number of ketones is 2. The molecule has 0 saturated carbocycles. The SMILES string of the molecule is O=C1CCCC2=C1C(c1cc(I)ccc1F)C1=C(CCCC1=O)N2. The van der Waals surface area contributed by atoms with Crippen LogP contribution in [-0.2, 0) is 9.59 Å². The van der Waals surface area contributed by atoms with Crippen molar-refractivity contribution in [3.05, 3.63) is 55.7 Å². The van der Waals surface area contributed by atoms with Gasteiger partial charge in [-0.05, 0) is 66.5 Å². The lowest BCUT2D eigenvalue weighted by molar-refractivity contribution is -0.116. The Morgan fingerprint density at radius 3 is 2.12 bits per heavy atom. The molecule has 1 heterocycles. The Morgan fingerprint density at radius 2 is 1.54 bits per heavy atom. The third-order valence-electron chi connectivity index (χ3n) is 5.06. The van der Waals surface area contributed by atoms with Crippen LogP contribution in [-0.4, -0.2) is 11.6 Å². The maximum Gasteiger partial charge on any atom is 0.161 e. The highest BCUT2D eigenvalue weighted by Gasteiger charge is 2.41. The van der Waals surface area contributed by atoms with E-state index < -0.39 is 5.92 Å². The van der Waals surface area contributed by atoms with Gasteiger partial charge in [-0.3, -0.25) is 9.59 Å². The monoisotopic (exact) mass is 437 g/mol. The van der Waals surface area contributed by atoms with Crippen LogP contribution in [0.5, 0.6) is 0 Å². The van der Waals surface area contributed by atoms with Gasteiger partial charge < -0.3 is 5.32 Å². The van der Waals surface area contributed by atoms with Crippen molar-refractivity contribution in [3.63, 3.8) is 0 Å². The zero-order valence-corrected chi connectivity index (χ0v) is 15.3. The van der Waals surface area contributed by atoms with E-state index in [1.807, 2.05) is 0 Å². The van der Waals surface area contributed by atoms with Gasteiger partial charge in [0.1, 0.15) is 5.82 Å². The van der Waals surface area contributed by atoms with E-state index in [0.29, 0.717) is 29.6 Å². The third kappa shape index (κ3) is 2.53. The molecule has 5 heteroatoms. The molecular weight excluding hydrogens is 420 g/mol. The molecule has 124 valence electrons. The molecule has 1 aliphatic heterocycles. The van der Waals surface area contributed by atoms with Crippen LogP contribution >= 0.6 is 22.6 Å². The highest BCUT2D eigenvalue weighted by atomic mass is 127. The van der Waals surface area contributed by atoms with E-state index in [1.54, 1.807) is 12.1 Å². The Kier molecular flexibility index (Phi) is 4.06. The van der Waals surface area contributed by atoms with E-state index >= 15 is 0 Å². The van der Waals surface area contributed by atoms with Crippen LogP contribution in [0.2, 0.25) is 0 Å². The standard InChI is InChI=1S/C19H17FINO2/c20-12-8-7-10(21)9-11(12)17-18-13(3-1-5-15(18)23)22-14-4-2-6-16(24)19(14)17/h7-9,17,22H,1-6H2. The van der Waals surface area contributed by atoms with E-state index in [1.165, 1.54) is 6.07 Å². The van der Waals surface area contributed by atoms with Crippen LogP contribution in [0.1, 0.15) is 50.0 Å². The molecule has 24 heavy (non-hydrogen) atoms. The molecule has 2 aliphatic carbocycles. The second-order valence-corrected chi connectivity index (χ2v) is 7.81. The van der Waals surface area contributed by atoms with Crippen molar-refractivity contribution >= 4 is 34.2 Å². The van der Waals surface area contributed by atoms with Crippen molar-refractivity contribution < 1.29 is 14.0 Å². The van der Waals surface area contributed by atoms with Gasteiger partial charge in [0.25, 0.3) is 0 Å². The summed E-state index contributed by atoms with van der Waals surface area (Å²) in [5, 5.41) is 3.35. The summed E-state index contributed by atoms with van der Waals surface area (Å²) < 4.78 is 15.5. The van der Waals surface area contributed by atoms with E-state index in [4.69, 9.17) is 0 Å². The highest BCUT2D eigenvalue weighted by molar-refractivity contribution is 14.1. The predicted molar refractivity (Wildman–Crippen MR) is 96.8 cm³/mol. The van der Waals surface area contributed by atoms with Crippen LogP contribution in [0.4, 0.5) is 4.39 Å². The van der Waals surface area contributed by atoms with Gasteiger partial charge in [-0.15, -0.1) is 0 Å². The number of carbonyl (C=O) groups is 2. The second-order valence-electron chi connectivity index (χ2n) is 6.56. The molecule has 0 radical (unpaired) electrons. The molecule has 0 bridgehead atoms. The van der Waals surface area contributed by atoms with Gasteiger partial charge in [0, 0.05) is 50.4 Å². The van der Waals surface area contributed by atoms with E-state index in [-0.39, 0.29) is 17.4 Å². The van der Waals surface area contributed by atoms with Crippen LogP contribution in [0.3, 0.4) is 0 Å². The van der Waals surface area contributed by atoms with Gasteiger partial charge in [0.15, 0.2) is 11.6 Å². The molecule has 0 saturated heterocycles. The van der Waals surface area contributed by atoms with E-state index in [0.717, 1.165) is 40.6 Å². The number of Topliss-reactive ketones (excluding diaryl/α,β-unsaturated/α-hetero) is 2. The Bertz CT molecular complexity index is 783. The molecule has 0 spiro atoms. The average molecular weight is 437 g/mol. The molecule has 0 atom stereocenters. The fourth-order valence-corrected chi connectivity index (χ4v) is 4.55. The average Bonchev–Trinajstić information content (AvgIpc) is 2.56. The number of halogens is 2. The van der Waals surface area contributed by atoms with Crippen LogP contribution in [0.25, 0.3) is 0 Å². The minimum absolute atomic E-state index is 0.0388. The number of rotatable bonds is 1. The van der Waals surface area contributed by atoms with Crippen molar-refractivity contribution in [2.75, 3.05) is 0 Å². The molecule has 3 nitrogen and oxygen atoms in total. The molecule has 1 aromatic rings. The number of allylic oxidation sites excluding steroid dienone is 4. The quantitative estimate of drug-likeness (QED) is 0.673. The summed E-state index contributed by atoms with van der Waals surface area (Å²) in [7, 11) is 0. The molecular formula is C19H17FINO2. The summed E-state index contributed by atoms with van der Waals surface area (Å²) >= 11 is 2.14. The zero-order valence-electron chi connectivity index (χ0n) is 13.1. The lowest BCUT2D eigenvalue weighted by atomic mass is 9.71. The molecule has 0 fully saturated rings. The summed E-state index contributed by atoms with van der Waals surface area (Å²) in [5.41, 5.74) is 3.45. The van der Waals surface area contributed by atoms with Crippen molar-refractivity contribution in [1.29, 1.82) is 0 Å². The second kappa shape index (κ2) is 6.10. The van der Waals surface area contributed by atoms with Gasteiger partial charge in [0.05, 0.1) is 0 Å². The molecule has 0 amide bonds. The molecule has 0 aromatic heterocycles. The Balaban J connectivity index is 1.96. The van der Waals surface area contributed by atoms with Crippen molar-refractivity contribution in [3.8, 4) is 0 Å². The van der Waals surface area contributed by atoms with Gasteiger partial charge >= 0.3 is 0 Å². The lowest BCUT2D eigenvalue weighted by Crippen LogP contribution is -2.36. The fraction of sp³-hybridized carbons (Fsp3) is 0.368. The summed E-state index contributed by atoms with van der Waals surface area (Å²) in [6.07, 6.45) is 4.13. The molecule has 3 aliphatic rings. The van der Waals surface area contributed by atoms with Gasteiger partial charge in [-0.25, -0.2) is 4.39 Å². The van der Waals surface area contributed by atoms with Gasteiger partial charge in [0.2, 0.25) is 0 Å². The summed E-state index contributed by atoms with van der Waals surface area (Å²) in [6.45, 7) is 0. The third-order valence-corrected chi connectivity index (χ3v) is 5.73. The Labute approximate surface area is 153 Å². The van der Waals surface area contributed by atoms with Crippen molar-refractivity contribution in [2.45, 2.75) is 44.4 Å². The van der Waals surface area contributed by atoms with Crippen molar-refractivity contribution in [1.82, 2.24) is 5.32 Å². The predicted octanol–water partition coefficient (Wildman–Crippen LogP) is 4.13. The fourth-order valence-electron chi connectivity index (χ4n) is 4.03. The first kappa shape index (κ1) is 16.0. The Hall–Kier alpha value is -1.50. The smallest absolute Gasteiger partial charge is 0.161 e. The number of benzene rings is 1. The van der Waals surface area contributed by atoms with E-state index in [9.17, 15) is 14.0 Å². The van der Waals surface area contributed by atoms with Crippen molar-refractivity contribution in [2.24, 2.45) is 0 Å². The largest absolute Gasteiger partial charge is 0.362 e. The van der Waals surface area contributed by atoms with E-state index in [2.05, 4.69) is 27.9 Å². The first-order valence-electron chi connectivity index (χ1n) is 8.30. The van der Waals surface area contributed by atoms with Gasteiger partial charge in [-0.2, -0.15) is 0 Å². The summed E-state index contributed by atoms with van der Waals surface area (Å²) in [4.78, 5) is 25.3.